The fraction of sp³-hybridized carbons (Fsp3) is 0.500. The molecule has 0 radical (unpaired) electrons. The van der Waals surface area contributed by atoms with Crippen molar-refractivity contribution in [3.05, 3.63) is 29.8 Å². The van der Waals surface area contributed by atoms with E-state index < -0.39 is 14.2 Å². The van der Waals surface area contributed by atoms with Gasteiger partial charge in [0.2, 0.25) is 0 Å². The number of rotatable bonds is 3. The Morgan fingerprint density at radius 1 is 1.11 bits per heavy atom. The van der Waals surface area contributed by atoms with Crippen LogP contribution in [0.25, 0.3) is 0 Å². The predicted octanol–water partition coefficient (Wildman–Crippen LogP) is 3.37. The summed E-state index contributed by atoms with van der Waals surface area (Å²) in [5.74, 6) is 0.0623. The minimum atomic E-state index is -3.21. The first-order valence-corrected chi connectivity index (χ1v) is 9.05. The molecule has 104 valence electrons. The monoisotopic (exact) mass is 344 g/mol. The molecule has 2 rings (SSSR count). The largest absolute Gasteiger partial charge is 0.293 e. The molecule has 0 amide bonds. The minimum Gasteiger partial charge on any atom is -0.293 e. The van der Waals surface area contributed by atoms with E-state index in [1.807, 2.05) is 0 Å². The van der Waals surface area contributed by atoms with Crippen LogP contribution >= 0.6 is 15.9 Å². The quantitative estimate of drug-likeness (QED) is 0.623. The number of alkyl halides is 1. The first kappa shape index (κ1) is 14.7. The van der Waals surface area contributed by atoms with Crippen LogP contribution in [0.1, 0.15) is 42.5 Å². The number of Topliss-reactive ketones (excluding diaryl/α,β-unsaturated/α-hetero) is 1. The molecule has 1 aromatic rings. The number of ketones is 1. The normalized spacial score (nSPS) is 19.1. The van der Waals surface area contributed by atoms with Crippen LogP contribution in [0.3, 0.4) is 0 Å². The fourth-order valence-electron chi connectivity index (χ4n) is 2.45. The molecule has 3 nitrogen and oxygen atoms in total. The molecule has 1 aliphatic rings. The molecule has 1 saturated carbocycles. The summed E-state index contributed by atoms with van der Waals surface area (Å²) >= 11 is 3.59. The molecule has 0 saturated heterocycles. The van der Waals surface area contributed by atoms with Crippen LogP contribution in [-0.4, -0.2) is 24.8 Å². The Balaban J connectivity index is 2.25. The van der Waals surface area contributed by atoms with Crippen LogP contribution in [0, 0.1) is 0 Å². The van der Waals surface area contributed by atoms with Gasteiger partial charge in [-0.25, -0.2) is 8.42 Å². The lowest BCUT2D eigenvalue weighted by molar-refractivity contribution is 0.0923. The number of benzene rings is 1. The predicted molar refractivity (Wildman–Crippen MR) is 78.6 cm³/mol. The van der Waals surface area contributed by atoms with Crippen LogP contribution in [0.4, 0.5) is 0 Å². The summed E-state index contributed by atoms with van der Waals surface area (Å²) < 4.78 is 22.3. The van der Waals surface area contributed by atoms with Gasteiger partial charge >= 0.3 is 0 Å². The Morgan fingerprint density at radius 2 is 1.63 bits per heavy atom. The Bertz CT molecular complexity index is 569. The van der Waals surface area contributed by atoms with E-state index in [-0.39, 0.29) is 10.7 Å². The van der Waals surface area contributed by atoms with Crippen molar-refractivity contribution in [3.63, 3.8) is 0 Å². The first-order valence-electron chi connectivity index (χ1n) is 6.37. The minimum absolute atomic E-state index is 0.0623. The molecule has 1 aliphatic carbocycles. The Hall–Kier alpha value is -0.680. The smallest absolute Gasteiger partial charge is 0.179 e. The van der Waals surface area contributed by atoms with Crippen molar-refractivity contribution in [2.75, 3.05) is 6.26 Å². The number of carbonyl (C=O) groups excluding carboxylic acids is 1. The molecule has 0 bridgehead atoms. The Labute approximate surface area is 122 Å². The molecule has 0 N–H and O–H groups in total. The summed E-state index contributed by atoms with van der Waals surface area (Å²) in [6.45, 7) is 0. The third-order valence-electron chi connectivity index (χ3n) is 3.60. The maximum atomic E-state index is 12.5. The SMILES string of the molecule is CS(=O)(=O)c1ccc(C(=O)C2(Br)CCCCC2)cc1. The second-order valence-corrected chi connectivity index (χ2v) is 8.69. The second kappa shape index (κ2) is 5.37. The number of sulfone groups is 1. The lowest BCUT2D eigenvalue weighted by Gasteiger charge is -2.30. The summed E-state index contributed by atoms with van der Waals surface area (Å²) in [7, 11) is -3.21. The van der Waals surface area contributed by atoms with Gasteiger partial charge in [0.15, 0.2) is 15.6 Å². The first-order chi connectivity index (χ1) is 8.83. The molecule has 0 unspecified atom stereocenters. The van der Waals surface area contributed by atoms with Gasteiger partial charge in [0, 0.05) is 11.8 Å². The average Bonchev–Trinajstić information content (AvgIpc) is 2.38. The molecule has 0 aliphatic heterocycles. The van der Waals surface area contributed by atoms with Crippen molar-refractivity contribution in [1.29, 1.82) is 0 Å². The van der Waals surface area contributed by atoms with Gasteiger partial charge in [-0.15, -0.1) is 0 Å². The van der Waals surface area contributed by atoms with E-state index >= 15 is 0 Å². The van der Waals surface area contributed by atoms with E-state index in [2.05, 4.69) is 15.9 Å². The van der Waals surface area contributed by atoms with E-state index in [9.17, 15) is 13.2 Å². The third-order valence-corrected chi connectivity index (χ3v) is 5.88. The zero-order chi connectivity index (χ0) is 14.1. The van der Waals surface area contributed by atoms with Crippen LogP contribution < -0.4 is 0 Å². The van der Waals surface area contributed by atoms with Crippen LogP contribution in [0.15, 0.2) is 29.2 Å². The van der Waals surface area contributed by atoms with E-state index in [4.69, 9.17) is 0 Å². The summed E-state index contributed by atoms with van der Waals surface area (Å²) in [5.41, 5.74) is 0.575. The number of hydrogen-bond acceptors (Lipinski definition) is 3. The molecule has 1 aromatic carbocycles. The van der Waals surface area contributed by atoms with Crippen LogP contribution in [-0.2, 0) is 9.84 Å². The maximum Gasteiger partial charge on any atom is 0.179 e. The molecular weight excluding hydrogens is 328 g/mol. The molecule has 1 fully saturated rings. The van der Waals surface area contributed by atoms with Crippen LogP contribution in [0.2, 0.25) is 0 Å². The van der Waals surface area contributed by atoms with Crippen molar-refractivity contribution in [1.82, 2.24) is 0 Å². The van der Waals surface area contributed by atoms with Gasteiger partial charge in [-0.1, -0.05) is 47.3 Å². The average molecular weight is 345 g/mol. The molecule has 0 heterocycles. The molecular formula is C14H17BrO3S. The van der Waals surface area contributed by atoms with Crippen molar-refractivity contribution >= 4 is 31.6 Å². The summed E-state index contributed by atoms with van der Waals surface area (Å²) in [4.78, 5) is 12.7. The lowest BCUT2D eigenvalue weighted by Crippen LogP contribution is -2.34. The van der Waals surface area contributed by atoms with Crippen molar-refractivity contribution in [2.24, 2.45) is 0 Å². The Morgan fingerprint density at radius 3 is 2.11 bits per heavy atom. The van der Waals surface area contributed by atoms with Gasteiger partial charge in [-0.05, 0) is 25.0 Å². The Kier molecular flexibility index (Phi) is 4.16. The zero-order valence-corrected chi connectivity index (χ0v) is 13.3. The molecule has 19 heavy (non-hydrogen) atoms. The van der Waals surface area contributed by atoms with E-state index in [0.29, 0.717) is 5.56 Å². The third kappa shape index (κ3) is 3.26. The highest BCUT2D eigenvalue weighted by Gasteiger charge is 2.37. The van der Waals surface area contributed by atoms with Gasteiger partial charge in [-0.2, -0.15) is 0 Å². The van der Waals surface area contributed by atoms with Gasteiger partial charge in [-0.3, -0.25) is 4.79 Å². The lowest BCUT2D eigenvalue weighted by atomic mass is 9.83. The van der Waals surface area contributed by atoms with Gasteiger partial charge in [0.25, 0.3) is 0 Å². The molecule has 5 heteroatoms. The molecule has 0 atom stereocenters. The van der Waals surface area contributed by atoms with Gasteiger partial charge < -0.3 is 0 Å². The zero-order valence-electron chi connectivity index (χ0n) is 10.9. The summed E-state index contributed by atoms with van der Waals surface area (Å²) in [6, 6.07) is 6.22. The van der Waals surface area contributed by atoms with Crippen molar-refractivity contribution < 1.29 is 13.2 Å². The van der Waals surface area contributed by atoms with Crippen molar-refractivity contribution in [2.45, 2.75) is 41.3 Å². The van der Waals surface area contributed by atoms with Crippen molar-refractivity contribution in [3.8, 4) is 0 Å². The summed E-state index contributed by atoms with van der Waals surface area (Å²) in [5, 5.41) is 0. The number of carbonyl (C=O) groups is 1. The van der Waals surface area contributed by atoms with E-state index in [1.54, 1.807) is 12.1 Å². The van der Waals surface area contributed by atoms with Gasteiger partial charge in [0.1, 0.15) is 0 Å². The standard InChI is InChI=1S/C14H17BrO3S/c1-19(17,18)12-7-5-11(6-8-12)13(16)14(15)9-3-2-4-10-14/h5-8H,2-4,9-10H2,1H3. The summed E-state index contributed by atoms with van der Waals surface area (Å²) in [6.07, 6.45) is 6.14. The highest BCUT2D eigenvalue weighted by Crippen LogP contribution is 2.38. The topological polar surface area (TPSA) is 51.2 Å². The van der Waals surface area contributed by atoms with Crippen LogP contribution in [0.5, 0.6) is 0 Å². The number of hydrogen-bond donors (Lipinski definition) is 0. The second-order valence-electron chi connectivity index (χ2n) is 5.15. The maximum absolute atomic E-state index is 12.5. The molecule has 0 aromatic heterocycles. The highest BCUT2D eigenvalue weighted by atomic mass is 79.9. The van der Waals surface area contributed by atoms with E-state index in [1.165, 1.54) is 18.6 Å². The number of halogens is 1. The molecule has 0 spiro atoms. The van der Waals surface area contributed by atoms with E-state index in [0.717, 1.165) is 31.9 Å². The highest BCUT2D eigenvalue weighted by molar-refractivity contribution is 9.10. The van der Waals surface area contributed by atoms with Gasteiger partial charge in [0.05, 0.1) is 9.22 Å². The fourth-order valence-corrected chi connectivity index (χ4v) is 3.87.